The maximum absolute atomic E-state index is 12.5. The van der Waals surface area contributed by atoms with Crippen molar-refractivity contribution in [1.82, 2.24) is 5.32 Å². The Morgan fingerprint density at radius 2 is 0.878 bits per heavy atom. The summed E-state index contributed by atoms with van der Waals surface area (Å²) in [6.45, 7) is 4.53. The molecule has 0 spiro atoms. The van der Waals surface area contributed by atoms with Crippen LogP contribution in [0.25, 0.3) is 0 Å². The van der Waals surface area contributed by atoms with E-state index in [1.54, 1.807) is 0 Å². The largest absolute Gasteiger partial charge is 0.387 e. The lowest BCUT2D eigenvalue weighted by molar-refractivity contribution is -0.122. The average molecular weight is 712 g/mol. The molecule has 7 heteroatoms. The van der Waals surface area contributed by atoms with Crippen molar-refractivity contribution in [1.29, 1.82) is 0 Å². The Balaban J connectivity index is 3.93. The maximum Gasteiger partial charge on any atom is 0.267 e. The Bertz CT molecular complexity index is 872. The third-order valence-corrected chi connectivity index (χ3v) is 10.4. The molecule has 0 saturated carbocycles. The summed E-state index contributed by atoms with van der Waals surface area (Å²) in [5.74, 6) is -0.992. The highest BCUT2D eigenvalue weighted by atomic mass is 32.2. The lowest BCUT2D eigenvalue weighted by Crippen LogP contribution is -2.46. The Morgan fingerprint density at radius 1 is 0.531 bits per heavy atom. The summed E-state index contributed by atoms with van der Waals surface area (Å²) in [4.78, 5) is 12.5. The van der Waals surface area contributed by atoms with E-state index in [0.29, 0.717) is 6.42 Å². The Hall–Kier alpha value is -1.18. The first kappa shape index (κ1) is 47.8. The summed E-state index contributed by atoms with van der Waals surface area (Å²) in [7, 11) is -4.35. The van der Waals surface area contributed by atoms with Gasteiger partial charge in [-0.3, -0.25) is 9.35 Å². The van der Waals surface area contributed by atoms with Crippen LogP contribution in [-0.2, 0) is 14.9 Å². The van der Waals surface area contributed by atoms with Gasteiger partial charge in [0.2, 0.25) is 5.91 Å². The fourth-order valence-electron chi connectivity index (χ4n) is 6.47. The first-order chi connectivity index (χ1) is 23.8. The molecular weight excluding hydrogens is 631 g/mol. The second-order valence-electron chi connectivity index (χ2n) is 14.6. The van der Waals surface area contributed by atoms with Crippen LogP contribution in [0.2, 0.25) is 0 Å². The SMILES string of the molecule is CCCCCCCCCCCCCCC/C=C/CC/C=C/C(O)C(CS(=O)(=O)O)NC(=O)CCCCCCCCCCCCCCCCC. The third-order valence-electron chi connectivity index (χ3n) is 9.63. The van der Waals surface area contributed by atoms with Gasteiger partial charge in [0.1, 0.15) is 0 Å². The molecule has 0 fully saturated rings. The van der Waals surface area contributed by atoms with Crippen molar-refractivity contribution in [3.05, 3.63) is 24.3 Å². The van der Waals surface area contributed by atoms with E-state index in [0.717, 1.165) is 38.5 Å². The molecule has 0 aromatic carbocycles. The monoisotopic (exact) mass is 712 g/mol. The van der Waals surface area contributed by atoms with Crippen molar-refractivity contribution >= 4 is 16.0 Å². The number of aliphatic hydroxyl groups is 1. The molecule has 0 bridgehead atoms. The molecule has 2 atom stereocenters. The van der Waals surface area contributed by atoms with Crippen molar-refractivity contribution in [3.8, 4) is 0 Å². The maximum atomic E-state index is 12.5. The number of aliphatic hydroxyl groups excluding tert-OH is 1. The number of hydrogen-bond donors (Lipinski definition) is 3. The van der Waals surface area contributed by atoms with Crippen LogP contribution in [0, 0.1) is 0 Å². The van der Waals surface area contributed by atoms with Gasteiger partial charge in [-0.1, -0.05) is 205 Å². The number of unbranched alkanes of at least 4 members (excludes halogenated alkanes) is 28. The predicted molar refractivity (Wildman–Crippen MR) is 212 cm³/mol. The third kappa shape index (κ3) is 37.9. The van der Waals surface area contributed by atoms with E-state index in [9.17, 15) is 22.9 Å². The first-order valence-corrected chi connectivity index (χ1v) is 22.6. The molecule has 6 nitrogen and oxygen atoms in total. The lowest BCUT2D eigenvalue weighted by atomic mass is 10.0. The van der Waals surface area contributed by atoms with Crippen LogP contribution in [0.4, 0.5) is 0 Å². The molecule has 0 aliphatic carbocycles. The molecule has 2 unspecified atom stereocenters. The van der Waals surface area contributed by atoms with Crippen LogP contribution in [0.1, 0.15) is 219 Å². The fraction of sp³-hybridized carbons (Fsp3) is 0.881. The zero-order chi connectivity index (χ0) is 36.1. The smallest absolute Gasteiger partial charge is 0.267 e. The number of rotatable bonds is 38. The number of allylic oxidation sites excluding steroid dienone is 3. The first-order valence-electron chi connectivity index (χ1n) is 21.0. The van der Waals surface area contributed by atoms with Gasteiger partial charge in [-0.2, -0.15) is 8.42 Å². The molecule has 1 amide bonds. The molecule has 0 heterocycles. The van der Waals surface area contributed by atoms with E-state index in [-0.39, 0.29) is 5.91 Å². The van der Waals surface area contributed by atoms with Gasteiger partial charge >= 0.3 is 0 Å². The van der Waals surface area contributed by atoms with Gasteiger partial charge in [0.15, 0.2) is 0 Å². The van der Waals surface area contributed by atoms with Gasteiger partial charge in [-0.15, -0.1) is 0 Å². The fourth-order valence-corrected chi connectivity index (χ4v) is 7.20. The van der Waals surface area contributed by atoms with Crippen molar-refractivity contribution in [2.24, 2.45) is 0 Å². The minimum Gasteiger partial charge on any atom is -0.387 e. The molecule has 0 aromatic rings. The standard InChI is InChI=1S/C42H81NO5S/c1-3-5-7-9-11-13-15-17-19-20-21-22-24-25-27-29-31-33-35-37-41(44)40(39-49(46,47)48)43-42(45)38-36-34-32-30-28-26-23-18-16-14-12-10-8-6-4-2/h27,29,35,37,40-41,44H,3-26,28,30-34,36,38-39H2,1-2H3,(H,43,45)(H,46,47,48)/b29-27+,37-35+. The van der Waals surface area contributed by atoms with E-state index >= 15 is 0 Å². The van der Waals surface area contributed by atoms with Gasteiger partial charge in [0, 0.05) is 6.42 Å². The van der Waals surface area contributed by atoms with E-state index in [1.165, 1.54) is 167 Å². The van der Waals surface area contributed by atoms with Crippen molar-refractivity contribution in [2.45, 2.75) is 231 Å². The summed E-state index contributed by atoms with van der Waals surface area (Å²) in [6.07, 6.45) is 46.0. The van der Waals surface area contributed by atoms with Gasteiger partial charge in [0.25, 0.3) is 10.1 Å². The summed E-state index contributed by atoms with van der Waals surface area (Å²) >= 11 is 0. The van der Waals surface area contributed by atoms with E-state index < -0.39 is 28.0 Å². The highest BCUT2D eigenvalue weighted by Crippen LogP contribution is 2.15. The number of carbonyl (C=O) groups is 1. The summed E-state index contributed by atoms with van der Waals surface area (Å²) in [5, 5.41) is 13.2. The average Bonchev–Trinajstić information content (AvgIpc) is 3.06. The Labute approximate surface area is 304 Å². The van der Waals surface area contributed by atoms with Crippen LogP contribution in [0.15, 0.2) is 24.3 Å². The van der Waals surface area contributed by atoms with Gasteiger partial charge in [0.05, 0.1) is 17.9 Å². The predicted octanol–water partition coefficient (Wildman–Crippen LogP) is 12.4. The summed E-state index contributed by atoms with van der Waals surface area (Å²) in [5.41, 5.74) is 0. The zero-order valence-corrected chi connectivity index (χ0v) is 33.1. The highest BCUT2D eigenvalue weighted by Gasteiger charge is 2.24. The second kappa shape index (κ2) is 36.6. The van der Waals surface area contributed by atoms with Gasteiger partial charge < -0.3 is 10.4 Å². The minimum absolute atomic E-state index is 0.285. The zero-order valence-electron chi connectivity index (χ0n) is 32.3. The molecule has 0 saturated heterocycles. The molecule has 0 aliphatic rings. The van der Waals surface area contributed by atoms with Crippen LogP contribution < -0.4 is 5.32 Å². The number of carbonyl (C=O) groups excluding carboxylic acids is 1. The number of hydrogen-bond acceptors (Lipinski definition) is 4. The molecule has 0 aliphatic heterocycles. The van der Waals surface area contributed by atoms with Crippen molar-refractivity contribution in [3.63, 3.8) is 0 Å². The Morgan fingerprint density at radius 3 is 1.29 bits per heavy atom. The van der Waals surface area contributed by atoms with E-state index in [4.69, 9.17) is 0 Å². The van der Waals surface area contributed by atoms with Crippen molar-refractivity contribution in [2.75, 3.05) is 5.75 Å². The summed E-state index contributed by atoms with van der Waals surface area (Å²) < 4.78 is 32.5. The minimum atomic E-state index is -4.35. The quantitative estimate of drug-likeness (QED) is 0.0336. The second-order valence-corrected chi connectivity index (χ2v) is 16.1. The van der Waals surface area contributed by atoms with Gasteiger partial charge in [-0.25, -0.2) is 0 Å². The molecule has 3 N–H and O–H groups in total. The molecule has 0 radical (unpaired) electrons. The van der Waals surface area contributed by atoms with Crippen LogP contribution in [0.3, 0.4) is 0 Å². The topological polar surface area (TPSA) is 104 Å². The van der Waals surface area contributed by atoms with E-state index in [1.807, 2.05) is 6.08 Å². The normalized spacial score (nSPS) is 13.5. The molecule has 290 valence electrons. The van der Waals surface area contributed by atoms with Gasteiger partial charge in [-0.05, 0) is 32.1 Å². The molecular formula is C42H81NO5S. The molecule has 49 heavy (non-hydrogen) atoms. The Kier molecular flexibility index (Phi) is 35.7. The molecule has 0 rings (SSSR count). The van der Waals surface area contributed by atoms with Crippen molar-refractivity contribution < 1.29 is 22.9 Å². The molecule has 0 aromatic heterocycles. The number of amides is 1. The van der Waals surface area contributed by atoms with Crippen LogP contribution in [-0.4, -0.2) is 41.9 Å². The lowest BCUT2D eigenvalue weighted by Gasteiger charge is -2.21. The van der Waals surface area contributed by atoms with E-state index in [2.05, 4.69) is 31.3 Å². The van der Waals surface area contributed by atoms with Crippen LogP contribution in [0.5, 0.6) is 0 Å². The highest BCUT2D eigenvalue weighted by molar-refractivity contribution is 7.85. The summed E-state index contributed by atoms with van der Waals surface area (Å²) in [6, 6.07) is -1.07. The van der Waals surface area contributed by atoms with Crippen LogP contribution >= 0.6 is 0 Å². The number of nitrogens with one attached hydrogen (secondary N) is 1.